The first-order valence-corrected chi connectivity index (χ1v) is 11.3. The fourth-order valence-electron chi connectivity index (χ4n) is 3.21. The first kappa shape index (κ1) is 22.6. The summed E-state index contributed by atoms with van der Waals surface area (Å²) in [6, 6.07) is 14.4. The van der Waals surface area contributed by atoms with Crippen LogP contribution in [0.4, 0.5) is 19.0 Å². The van der Waals surface area contributed by atoms with E-state index < -0.39 is 21.9 Å². The summed E-state index contributed by atoms with van der Waals surface area (Å²) in [7, 11) is -4.22. The van der Waals surface area contributed by atoms with Crippen LogP contribution in [0.15, 0.2) is 71.8 Å². The maximum absolute atomic E-state index is 13.4. The summed E-state index contributed by atoms with van der Waals surface area (Å²) in [4.78, 5) is 4.05. The molecule has 0 amide bonds. The van der Waals surface area contributed by atoms with Gasteiger partial charge in [0.1, 0.15) is 11.6 Å². The average Bonchev–Trinajstić information content (AvgIpc) is 3.16. The number of aromatic nitrogens is 3. The molecule has 0 unspecified atom stereocenters. The third kappa shape index (κ3) is 4.77. The Balaban J connectivity index is 1.78. The highest BCUT2D eigenvalue weighted by Crippen LogP contribution is 2.33. The lowest BCUT2D eigenvalue weighted by atomic mass is 10.2. The summed E-state index contributed by atoms with van der Waals surface area (Å²) >= 11 is 0. The predicted molar refractivity (Wildman–Crippen MR) is 117 cm³/mol. The molecule has 0 saturated carbocycles. The molecule has 2 heterocycles. The molecule has 11 heteroatoms. The van der Waals surface area contributed by atoms with Crippen molar-refractivity contribution in [1.29, 1.82) is 0 Å². The molecule has 0 saturated heterocycles. The smallest absolute Gasteiger partial charge is 0.435 e. The van der Waals surface area contributed by atoms with Gasteiger partial charge in [-0.05, 0) is 62.4 Å². The summed E-state index contributed by atoms with van der Waals surface area (Å²) in [5.41, 5.74) is -0.468. The molecule has 0 aliphatic heterocycles. The van der Waals surface area contributed by atoms with E-state index in [-0.39, 0.29) is 22.5 Å². The second-order valence-corrected chi connectivity index (χ2v) is 9.10. The van der Waals surface area contributed by atoms with Gasteiger partial charge >= 0.3 is 6.18 Å². The second kappa shape index (κ2) is 8.39. The molecule has 0 aliphatic rings. The molecule has 4 aromatic rings. The van der Waals surface area contributed by atoms with E-state index in [0.717, 1.165) is 4.68 Å². The van der Waals surface area contributed by atoms with Gasteiger partial charge in [-0.2, -0.15) is 18.3 Å². The molecule has 2 aromatic carbocycles. The van der Waals surface area contributed by atoms with Gasteiger partial charge in [0.15, 0.2) is 5.69 Å². The monoisotopic (exact) mass is 476 g/mol. The first-order valence-electron chi connectivity index (χ1n) is 9.85. The van der Waals surface area contributed by atoms with Gasteiger partial charge in [0.05, 0.1) is 22.2 Å². The summed E-state index contributed by atoms with van der Waals surface area (Å²) in [5, 5.41) is 4.15. The topological polar surface area (TPSA) is 86.1 Å². The average molecular weight is 476 g/mol. The lowest BCUT2D eigenvalue weighted by Crippen LogP contribution is -2.16. The number of alkyl halides is 3. The van der Waals surface area contributed by atoms with Gasteiger partial charge in [-0.3, -0.25) is 9.71 Å². The highest BCUT2D eigenvalue weighted by Gasteiger charge is 2.36. The number of pyridine rings is 1. The van der Waals surface area contributed by atoms with E-state index in [0.29, 0.717) is 22.7 Å². The number of hydrogen-bond acceptors (Lipinski definition) is 5. The van der Waals surface area contributed by atoms with E-state index in [1.54, 1.807) is 30.5 Å². The van der Waals surface area contributed by atoms with Crippen molar-refractivity contribution in [2.45, 2.75) is 31.0 Å². The number of rotatable bonds is 6. The predicted octanol–water partition coefficient (Wildman–Crippen LogP) is 5.03. The van der Waals surface area contributed by atoms with Gasteiger partial charge in [-0.15, -0.1) is 0 Å². The molecule has 0 radical (unpaired) electrons. The molecule has 4 rings (SSSR count). The Kier molecular flexibility index (Phi) is 5.75. The van der Waals surface area contributed by atoms with E-state index in [2.05, 4.69) is 14.8 Å². The maximum atomic E-state index is 13.4. The molecule has 0 spiro atoms. The van der Waals surface area contributed by atoms with Crippen molar-refractivity contribution in [3.8, 4) is 11.4 Å². The highest BCUT2D eigenvalue weighted by atomic mass is 32.2. The standard InChI is InChI=1S/C22H19F3N4O3S/c1-14(2)32-15-8-10-16(11-9-15)33(30,31)28-21-13-20(22(23,24)25)27-29(21)19-7-3-6-18-17(19)5-4-12-26-18/h3-14,28H,1-2H3. The lowest BCUT2D eigenvalue weighted by molar-refractivity contribution is -0.141. The van der Waals surface area contributed by atoms with Gasteiger partial charge in [0.2, 0.25) is 0 Å². The summed E-state index contributed by atoms with van der Waals surface area (Å²) in [5.74, 6) is 0.109. The van der Waals surface area contributed by atoms with E-state index in [4.69, 9.17) is 4.74 Å². The minimum absolute atomic E-state index is 0.101. The third-order valence-corrected chi connectivity index (χ3v) is 5.97. The van der Waals surface area contributed by atoms with Crippen molar-refractivity contribution in [3.63, 3.8) is 0 Å². The van der Waals surface area contributed by atoms with Gasteiger partial charge < -0.3 is 4.74 Å². The number of hydrogen-bond donors (Lipinski definition) is 1. The van der Waals surface area contributed by atoms with Crippen molar-refractivity contribution in [1.82, 2.24) is 14.8 Å². The lowest BCUT2D eigenvalue weighted by Gasteiger charge is -2.13. The molecule has 172 valence electrons. The van der Waals surface area contributed by atoms with E-state index in [1.165, 1.54) is 30.3 Å². The molecule has 2 aromatic heterocycles. The summed E-state index contributed by atoms with van der Waals surface area (Å²) < 4.78 is 74.9. The zero-order valence-electron chi connectivity index (χ0n) is 17.5. The van der Waals surface area contributed by atoms with E-state index in [1.807, 2.05) is 13.8 Å². The molecule has 0 fully saturated rings. The summed E-state index contributed by atoms with van der Waals surface area (Å²) in [6.45, 7) is 3.66. The molecule has 0 bridgehead atoms. The van der Waals surface area contributed by atoms with Crippen LogP contribution in [-0.2, 0) is 16.2 Å². The first-order chi connectivity index (χ1) is 15.5. The van der Waals surface area contributed by atoms with Crippen LogP contribution in [0.3, 0.4) is 0 Å². The Bertz CT molecular complexity index is 1390. The zero-order valence-corrected chi connectivity index (χ0v) is 18.4. The fourth-order valence-corrected chi connectivity index (χ4v) is 4.25. The second-order valence-electron chi connectivity index (χ2n) is 7.42. The highest BCUT2D eigenvalue weighted by molar-refractivity contribution is 7.92. The number of anilines is 1. The number of ether oxygens (including phenoxy) is 1. The maximum Gasteiger partial charge on any atom is 0.435 e. The van der Waals surface area contributed by atoms with Gasteiger partial charge in [-0.1, -0.05) is 6.07 Å². The van der Waals surface area contributed by atoms with Crippen LogP contribution in [0.5, 0.6) is 5.75 Å². The Morgan fingerprint density at radius 3 is 2.42 bits per heavy atom. The van der Waals surface area contributed by atoms with Crippen LogP contribution in [0.1, 0.15) is 19.5 Å². The van der Waals surface area contributed by atoms with Crippen molar-refractivity contribution >= 4 is 26.7 Å². The Hall–Kier alpha value is -3.60. The van der Waals surface area contributed by atoms with Crippen molar-refractivity contribution in [2.24, 2.45) is 0 Å². The normalized spacial score (nSPS) is 12.3. The number of fused-ring (bicyclic) bond motifs is 1. The fraction of sp³-hybridized carbons (Fsp3) is 0.182. The molecular weight excluding hydrogens is 457 g/mol. The molecule has 33 heavy (non-hydrogen) atoms. The van der Waals surface area contributed by atoms with Crippen LogP contribution in [0, 0.1) is 0 Å². The number of nitrogens with one attached hydrogen (secondary N) is 1. The Morgan fingerprint density at radius 2 is 1.76 bits per heavy atom. The SMILES string of the molecule is CC(C)Oc1ccc(S(=O)(=O)Nc2cc(C(F)(F)F)nn2-c2cccc3ncccc23)cc1. The van der Waals surface area contributed by atoms with E-state index >= 15 is 0 Å². The molecule has 7 nitrogen and oxygen atoms in total. The van der Waals surface area contributed by atoms with Crippen LogP contribution < -0.4 is 9.46 Å². The van der Waals surface area contributed by atoms with E-state index in [9.17, 15) is 21.6 Å². The number of halogens is 3. The van der Waals surface area contributed by atoms with Crippen LogP contribution in [0.2, 0.25) is 0 Å². The minimum Gasteiger partial charge on any atom is -0.491 e. The largest absolute Gasteiger partial charge is 0.491 e. The van der Waals surface area contributed by atoms with Crippen LogP contribution in [0.25, 0.3) is 16.6 Å². The van der Waals surface area contributed by atoms with Crippen molar-refractivity contribution in [2.75, 3.05) is 4.72 Å². The molecule has 0 atom stereocenters. The van der Waals surface area contributed by atoms with Gasteiger partial charge in [0.25, 0.3) is 10.0 Å². The molecule has 0 aliphatic carbocycles. The van der Waals surface area contributed by atoms with Crippen molar-refractivity contribution < 1.29 is 26.3 Å². The Labute approximate surface area is 187 Å². The summed E-state index contributed by atoms with van der Waals surface area (Å²) in [6.07, 6.45) is -3.33. The zero-order chi connectivity index (χ0) is 23.8. The number of benzene rings is 2. The van der Waals surface area contributed by atoms with Crippen molar-refractivity contribution in [3.05, 3.63) is 72.6 Å². The van der Waals surface area contributed by atoms with Gasteiger partial charge in [0, 0.05) is 17.6 Å². The molecular formula is C22H19F3N4O3S. The third-order valence-electron chi connectivity index (χ3n) is 4.60. The number of sulfonamides is 1. The quantitative estimate of drug-likeness (QED) is 0.422. The van der Waals surface area contributed by atoms with Gasteiger partial charge in [-0.25, -0.2) is 13.1 Å². The Morgan fingerprint density at radius 1 is 1.03 bits per heavy atom. The van der Waals surface area contributed by atoms with Crippen LogP contribution >= 0.6 is 0 Å². The number of nitrogens with zero attached hydrogens (tertiary/aromatic N) is 3. The minimum atomic E-state index is -4.77. The van der Waals surface area contributed by atoms with Crippen LogP contribution in [-0.4, -0.2) is 29.3 Å². The molecule has 1 N–H and O–H groups in total.